The first-order chi connectivity index (χ1) is 8.20. The summed E-state index contributed by atoms with van der Waals surface area (Å²) in [5.41, 5.74) is 7.03. The van der Waals surface area contributed by atoms with Crippen molar-refractivity contribution in [1.29, 1.82) is 5.26 Å². The van der Waals surface area contributed by atoms with Crippen LogP contribution in [-0.2, 0) is 0 Å². The van der Waals surface area contributed by atoms with Crippen LogP contribution in [0.25, 0.3) is 0 Å². The van der Waals surface area contributed by atoms with Crippen LogP contribution in [0.4, 0.5) is 5.69 Å². The average molecular weight is 305 g/mol. The summed E-state index contributed by atoms with van der Waals surface area (Å²) in [4.78, 5) is 2.00. The zero-order chi connectivity index (χ0) is 12.3. The number of nitrogens with zero attached hydrogens (tertiary/aromatic N) is 1. The van der Waals surface area contributed by atoms with Crippen LogP contribution in [0.2, 0.25) is 0 Å². The first kappa shape index (κ1) is 12.0. The molecule has 0 saturated heterocycles. The minimum Gasteiger partial charge on any atom is -0.399 e. The Labute approximate surface area is 113 Å². The second-order valence-electron chi connectivity index (χ2n) is 3.40. The lowest BCUT2D eigenvalue weighted by molar-refractivity contribution is 1.33. The number of halogens is 1. The fraction of sp³-hybridized carbons (Fsp3) is 0. The Balaban J connectivity index is 2.34. The smallest absolute Gasteiger partial charge is 0.102 e. The van der Waals surface area contributed by atoms with E-state index in [4.69, 9.17) is 11.0 Å². The molecule has 0 atom stereocenters. The Hall–Kier alpha value is -1.44. The van der Waals surface area contributed by atoms with Gasteiger partial charge >= 0.3 is 0 Å². The molecule has 0 unspecified atom stereocenters. The number of hydrogen-bond acceptors (Lipinski definition) is 3. The quantitative estimate of drug-likeness (QED) is 0.851. The number of nitriles is 1. The third-order valence-electron chi connectivity index (χ3n) is 2.20. The summed E-state index contributed by atoms with van der Waals surface area (Å²) in [6.45, 7) is 0. The van der Waals surface area contributed by atoms with Gasteiger partial charge in [-0.3, -0.25) is 0 Å². The van der Waals surface area contributed by atoms with Gasteiger partial charge < -0.3 is 5.73 Å². The number of nitrogens with two attached hydrogens (primary N) is 1. The van der Waals surface area contributed by atoms with Gasteiger partial charge in [0.05, 0.1) is 5.56 Å². The minimum absolute atomic E-state index is 0.661. The predicted molar refractivity (Wildman–Crippen MR) is 73.8 cm³/mol. The summed E-state index contributed by atoms with van der Waals surface area (Å²) in [5, 5.41) is 9.11. The Morgan fingerprint density at radius 2 is 1.82 bits per heavy atom. The lowest BCUT2D eigenvalue weighted by Crippen LogP contribution is -1.85. The van der Waals surface area contributed by atoms with Gasteiger partial charge in [-0.2, -0.15) is 5.26 Å². The van der Waals surface area contributed by atoms with Crippen molar-refractivity contribution in [2.75, 3.05) is 5.73 Å². The highest BCUT2D eigenvalue weighted by Gasteiger charge is 2.07. The highest BCUT2D eigenvalue weighted by molar-refractivity contribution is 9.10. The van der Waals surface area contributed by atoms with Crippen LogP contribution in [0.3, 0.4) is 0 Å². The fourth-order valence-electron chi connectivity index (χ4n) is 1.36. The van der Waals surface area contributed by atoms with E-state index in [-0.39, 0.29) is 0 Å². The van der Waals surface area contributed by atoms with E-state index in [1.54, 1.807) is 11.8 Å². The molecule has 4 heteroatoms. The molecular formula is C13H9BrN2S. The molecule has 0 saturated carbocycles. The van der Waals surface area contributed by atoms with Crippen molar-refractivity contribution in [3.05, 3.63) is 52.5 Å². The maximum Gasteiger partial charge on any atom is 0.102 e. The van der Waals surface area contributed by atoms with E-state index >= 15 is 0 Å². The first-order valence-electron chi connectivity index (χ1n) is 4.92. The van der Waals surface area contributed by atoms with Gasteiger partial charge in [-0.25, -0.2) is 0 Å². The summed E-state index contributed by atoms with van der Waals surface area (Å²) < 4.78 is 0.820. The normalized spacial score (nSPS) is 9.88. The van der Waals surface area contributed by atoms with Crippen molar-refractivity contribution in [2.24, 2.45) is 0 Å². The third kappa shape index (κ3) is 2.82. The van der Waals surface area contributed by atoms with E-state index in [9.17, 15) is 0 Å². The van der Waals surface area contributed by atoms with E-state index in [2.05, 4.69) is 22.0 Å². The number of rotatable bonds is 2. The largest absolute Gasteiger partial charge is 0.399 e. The third-order valence-corrected chi connectivity index (χ3v) is 3.92. The van der Waals surface area contributed by atoms with Gasteiger partial charge in [0.25, 0.3) is 0 Å². The standard InChI is InChI=1S/C13H9BrN2S/c14-12-2-1-3-13(11(12)8-15)17-10-6-4-9(16)5-7-10/h1-7H,16H2. The molecule has 0 amide bonds. The molecule has 17 heavy (non-hydrogen) atoms. The Kier molecular flexibility index (Phi) is 3.72. The van der Waals surface area contributed by atoms with Crippen LogP contribution in [0, 0.1) is 11.3 Å². The molecule has 84 valence electrons. The SMILES string of the molecule is N#Cc1c(Br)cccc1Sc1ccc(N)cc1. The molecule has 2 rings (SSSR count). The zero-order valence-electron chi connectivity index (χ0n) is 8.85. The van der Waals surface area contributed by atoms with E-state index in [1.165, 1.54) is 0 Å². The van der Waals surface area contributed by atoms with Crippen molar-refractivity contribution >= 4 is 33.4 Å². The van der Waals surface area contributed by atoms with Crippen LogP contribution in [0.1, 0.15) is 5.56 Å². The van der Waals surface area contributed by atoms with Gasteiger partial charge in [0.1, 0.15) is 6.07 Å². The minimum atomic E-state index is 0.661. The molecule has 2 aromatic carbocycles. The van der Waals surface area contributed by atoms with Gasteiger partial charge in [-0.05, 0) is 52.3 Å². The molecule has 0 fully saturated rings. The van der Waals surface area contributed by atoms with Gasteiger partial charge in [0.15, 0.2) is 0 Å². The molecule has 0 spiro atoms. The molecule has 2 N–H and O–H groups in total. The summed E-state index contributed by atoms with van der Waals surface area (Å²) in [5.74, 6) is 0. The van der Waals surface area contributed by atoms with E-state index in [0.717, 1.165) is 20.0 Å². The molecule has 0 aliphatic carbocycles. The number of benzene rings is 2. The molecule has 0 aromatic heterocycles. The molecule has 0 aliphatic rings. The topological polar surface area (TPSA) is 49.8 Å². The van der Waals surface area contributed by atoms with Crippen molar-refractivity contribution in [2.45, 2.75) is 9.79 Å². The van der Waals surface area contributed by atoms with Crippen LogP contribution in [0.15, 0.2) is 56.7 Å². The van der Waals surface area contributed by atoms with Gasteiger partial charge in [0, 0.05) is 20.0 Å². The second-order valence-corrected chi connectivity index (χ2v) is 5.37. The maximum absolute atomic E-state index is 9.11. The van der Waals surface area contributed by atoms with Crippen LogP contribution in [-0.4, -0.2) is 0 Å². The van der Waals surface area contributed by atoms with Crippen molar-refractivity contribution in [3.8, 4) is 6.07 Å². The Bertz CT molecular complexity index is 573. The van der Waals surface area contributed by atoms with Crippen molar-refractivity contribution < 1.29 is 0 Å². The zero-order valence-corrected chi connectivity index (χ0v) is 11.3. The Morgan fingerprint density at radius 1 is 1.12 bits per heavy atom. The highest BCUT2D eigenvalue weighted by atomic mass is 79.9. The van der Waals surface area contributed by atoms with Crippen LogP contribution >= 0.6 is 27.7 Å². The molecule has 0 bridgehead atoms. The predicted octanol–water partition coefficient (Wildman–Crippen LogP) is 4.05. The van der Waals surface area contributed by atoms with Gasteiger partial charge in [-0.1, -0.05) is 17.8 Å². The van der Waals surface area contributed by atoms with Crippen molar-refractivity contribution in [1.82, 2.24) is 0 Å². The lowest BCUT2D eigenvalue weighted by Gasteiger charge is -2.05. The molecule has 2 nitrogen and oxygen atoms in total. The van der Waals surface area contributed by atoms with Gasteiger partial charge in [-0.15, -0.1) is 0 Å². The summed E-state index contributed by atoms with van der Waals surface area (Å²) >= 11 is 4.93. The average Bonchev–Trinajstić information content (AvgIpc) is 2.32. The van der Waals surface area contributed by atoms with Gasteiger partial charge in [0.2, 0.25) is 0 Å². The van der Waals surface area contributed by atoms with E-state index in [1.807, 2.05) is 42.5 Å². The Morgan fingerprint density at radius 3 is 2.47 bits per heavy atom. The summed E-state index contributed by atoms with van der Waals surface area (Å²) in [6.07, 6.45) is 0. The van der Waals surface area contributed by atoms with Crippen LogP contribution < -0.4 is 5.73 Å². The lowest BCUT2D eigenvalue weighted by atomic mass is 10.2. The van der Waals surface area contributed by atoms with Crippen molar-refractivity contribution in [3.63, 3.8) is 0 Å². The van der Waals surface area contributed by atoms with E-state index in [0.29, 0.717) is 5.56 Å². The van der Waals surface area contributed by atoms with Crippen LogP contribution in [0.5, 0.6) is 0 Å². The summed E-state index contributed by atoms with van der Waals surface area (Å²) in [6, 6.07) is 15.5. The first-order valence-corrected chi connectivity index (χ1v) is 6.53. The number of anilines is 1. The second kappa shape index (κ2) is 5.26. The maximum atomic E-state index is 9.11. The molecule has 2 aromatic rings. The number of hydrogen-bond donors (Lipinski definition) is 1. The molecule has 0 aliphatic heterocycles. The summed E-state index contributed by atoms with van der Waals surface area (Å²) in [7, 11) is 0. The molecule has 0 radical (unpaired) electrons. The molecule has 0 heterocycles. The highest BCUT2D eigenvalue weighted by Crippen LogP contribution is 2.33. The monoisotopic (exact) mass is 304 g/mol. The number of nitrogen functional groups attached to an aromatic ring is 1. The molecular weight excluding hydrogens is 296 g/mol. The fourth-order valence-corrected chi connectivity index (χ4v) is 2.88. The van der Waals surface area contributed by atoms with E-state index < -0.39 is 0 Å².